The lowest BCUT2D eigenvalue weighted by Gasteiger charge is -1.99. The highest BCUT2D eigenvalue weighted by Crippen LogP contribution is 2.24. The predicted octanol–water partition coefficient (Wildman–Crippen LogP) is 0.451. The molecule has 1 aliphatic heterocycles. The number of carbonyl (C=O) groups excluding carboxylic acids is 2. The van der Waals surface area contributed by atoms with Crippen LogP contribution in [0.4, 0.5) is 4.79 Å². The third kappa shape index (κ3) is 1.06. The second-order valence-corrected chi connectivity index (χ2v) is 3.10. The molecule has 0 spiro atoms. The molecule has 62 valence electrons. The number of amides is 2. The summed E-state index contributed by atoms with van der Waals surface area (Å²) in [5.74, 6) is -0.427. The molecule has 1 atom stereocenters. The Kier molecular flexibility index (Phi) is 1.54. The smallest absolute Gasteiger partial charge is 0.415 e. The fourth-order valence-electron chi connectivity index (χ4n) is 0.899. The van der Waals surface area contributed by atoms with Crippen LogP contribution in [0.15, 0.2) is 11.7 Å². The summed E-state index contributed by atoms with van der Waals surface area (Å²) in [6, 6.07) is 0. The summed E-state index contributed by atoms with van der Waals surface area (Å²) < 4.78 is 4.69. The Labute approximate surface area is 71.4 Å². The Morgan fingerprint density at radius 1 is 1.58 bits per heavy atom. The van der Waals surface area contributed by atoms with E-state index in [-0.39, 0.29) is 0 Å². The van der Waals surface area contributed by atoms with E-state index >= 15 is 0 Å². The van der Waals surface area contributed by atoms with Gasteiger partial charge >= 0.3 is 6.09 Å². The van der Waals surface area contributed by atoms with E-state index in [0.29, 0.717) is 4.88 Å². The van der Waals surface area contributed by atoms with E-state index < -0.39 is 18.1 Å². The van der Waals surface area contributed by atoms with Crippen LogP contribution in [-0.4, -0.2) is 17.0 Å². The molecule has 1 aromatic rings. The molecule has 1 N–H and O–H groups in total. The van der Waals surface area contributed by atoms with Crippen molar-refractivity contribution in [3.05, 3.63) is 16.6 Å². The quantitative estimate of drug-likeness (QED) is 0.688. The molecule has 12 heavy (non-hydrogen) atoms. The predicted molar refractivity (Wildman–Crippen MR) is 39.5 cm³/mol. The zero-order chi connectivity index (χ0) is 8.55. The molecule has 2 heterocycles. The zero-order valence-electron chi connectivity index (χ0n) is 5.81. The number of hydrogen-bond donors (Lipinski definition) is 1. The van der Waals surface area contributed by atoms with Gasteiger partial charge in [0.2, 0.25) is 6.10 Å². The van der Waals surface area contributed by atoms with Gasteiger partial charge in [-0.25, -0.2) is 4.79 Å². The van der Waals surface area contributed by atoms with Crippen LogP contribution < -0.4 is 5.32 Å². The Hall–Kier alpha value is -1.43. The van der Waals surface area contributed by atoms with Crippen molar-refractivity contribution in [3.8, 4) is 0 Å². The number of thiazole rings is 1. The molecule has 0 bridgehead atoms. The summed E-state index contributed by atoms with van der Waals surface area (Å²) in [5, 5.41) is 2.03. The Morgan fingerprint density at radius 3 is 2.92 bits per heavy atom. The number of carbonyl (C=O) groups is 2. The van der Waals surface area contributed by atoms with Crippen molar-refractivity contribution in [1.82, 2.24) is 10.3 Å². The minimum Gasteiger partial charge on any atom is -0.430 e. The van der Waals surface area contributed by atoms with Crippen molar-refractivity contribution in [2.75, 3.05) is 0 Å². The van der Waals surface area contributed by atoms with Crippen molar-refractivity contribution in [1.29, 1.82) is 0 Å². The van der Waals surface area contributed by atoms with E-state index in [0.717, 1.165) is 0 Å². The maximum Gasteiger partial charge on any atom is 0.415 e. The monoisotopic (exact) mass is 184 g/mol. The second-order valence-electron chi connectivity index (χ2n) is 2.18. The van der Waals surface area contributed by atoms with E-state index in [1.165, 1.54) is 17.5 Å². The van der Waals surface area contributed by atoms with Gasteiger partial charge < -0.3 is 4.74 Å². The summed E-state index contributed by atoms with van der Waals surface area (Å²) in [4.78, 5) is 26.0. The lowest BCUT2D eigenvalue weighted by Crippen LogP contribution is -2.20. The number of imide groups is 1. The van der Waals surface area contributed by atoms with Crippen molar-refractivity contribution in [2.45, 2.75) is 6.10 Å². The first-order valence-corrected chi connectivity index (χ1v) is 4.05. The number of aromatic nitrogens is 1. The molecule has 1 aliphatic rings. The van der Waals surface area contributed by atoms with Gasteiger partial charge in [0.15, 0.2) is 0 Å². The summed E-state index contributed by atoms with van der Waals surface area (Å²) in [5.41, 5.74) is 1.58. The number of cyclic esters (lactones) is 1. The lowest BCUT2D eigenvalue weighted by atomic mass is 10.3. The molecule has 0 radical (unpaired) electrons. The maximum atomic E-state index is 11.0. The summed E-state index contributed by atoms with van der Waals surface area (Å²) >= 11 is 1.28. The highest BCUT2D eigenvalue weighted by Gasteiger charge is 2.34. The third-order valence-corrected chi connectivity index (χ3v) is 2.22. The van der Waals surface area contributed by atoms with E-state index in [9.17, 15) is 9.59 Å². The normalized spacial score (nSPS) is 22.2. The Balaban J connectivity index is 2.26. The fourth-order valence-corrected chi connectivity index (χ4v) is 1.54. The number of alkyl carbamates (subject to hydrolysis) is 1. The van der Waals surface area contributed by atoms with Crippen LogP contribution in [0.2, 0.25) is 0 Å². The van der Waals surface area contributed by atoms with Crippen LogP contribution in [0, 0.1) is 0 Å². The molecule has 0 aromatic carbocycles. The van der Waals surface area contributed by atoms with Crippen LogP contribution in [0.1, 0.15) is 11.0 Å². The standard InChI is InChI=1S/C6H4N2O3S/c9-5-4(11-6(10)8-5)3-1-7-2-12-3/h1-2,4H,(H,8,9,10). The Bertz CT molecular complexity index is 322. The van der Waals surface area contributed by atoms with E-state index in [2.05, 4.69) is 9.72 Å². The molecule has 1 aromatic heterocycles. The summed E-state index contributed by atoms with van der Waals surface area (Å²) in [6.45, 7) is 0. The number of nitrogens with zero attached hydrogens (tertiary/aromatic N) is 1. The average molecular weight is 184 g/mol. The van der Waals surface area contributed by atoms with Crippen LogP contribution in [0.5, 0.6) is 0 Å². The van der Waals surface area contributed by atoms with Crippen molar-refractivity contribution in [2.24, 2.45) is 0 Å². The zero-order valence-corrected chi connectivity index (χ0v) is 6.63. The number of rotatable bonds is 1. The molecule has 0 aliphatic carbocycles. The molecule has 1 fully saturated rings. The van der Waals surface area contributed by atoms with Crippen LogP contribution >= 0.6 is 11.3 Å². The molecule has 1 unspecified atom stereocenters. The molecule has 1 saturated heterocycles. The van der Waals surface area contributed by atoms with Gasteiger partial charge in [-0.15, -0.1) is 11.3 Å². The number of hydrogen-bond acceptors (Lipinski definition) is 5. The first-order valence-electron chi connectivity index (χ1n) is 3.17. The van der Waals surface area contributed by atoms with Gasteiger partial charge in [-0.2, -0.15) is 0 Å². The van der Waals surface area contributed by atoms with Gasteiger partial charge in [0.25, 0.3) is 5.91 Å². The Morgan fingerprint density at radius 2 is 2.42 bits per heavy atom. The molecular formula is C6H4N2O3S. The van der Waals surface area contributed by atoms with Crippen LogP contribution in [-0.2, 0) is 9.53 Å². The first kappa shape index (κ1) is 7.23. The summed E-state index contributed by atoms with van der Waals surface area (Å²) in [7, 11) is 0. The highest BCUT2D eigenvalue weighted by atomic mass is 32.1. The first-order chi connectivity index (χ1) is 5.77. The molecular weight excluding hydrogens is 180 g/mol. The maximum absolute atomic E-state index is 11.0. The third-order valence-electron chi connectivity index (χ3n) is 1.40. The van der Waals surface area contributed by atoms with Gasteiger partial charge in [-0.05, 0) is 0 Å². The van der Waals surface area contributed by atoms with Crippen molar-refractivity contribution >= 4 is 23.3 Å². The number of nitrogens with one attached hydrogen (secondary N) is 1. The van der Waals surface area contributed by atoms with Crippen LogP contribution in [0.3, 0.4) is 0 Å². The average Bonchev–Trinajstić information content (AvgIpc) is 2.58. The largest absolute Gasteiger partial charge is 0.430 e. The van der Waals surface area contributed by atoms with Crippen molar-refractivity contribution < 1.29 is 14.3 Å². The minimum atomic E-state index is -0.801. The molecule has 6 heteroatoms. The highest BCUT2D eigenvalue weighted by molar-refractivity contribution is 7.09. The van der Waals surface area contributed by atoms with Gasteiger partial charge in [0.1, 0.15) is 0 Å². The van der Waals surface area contributed by atoms with E-state index in [1.54, 1.807) is 5.51 Å². The molecule has 2 amide bonds. The molecule has 2 rings (SSSR count). The fraction of sp³-hybridized carbons (Fsp3) is 0.167. The van der Waals surface area contributed by atoms with Crippen LogP contribution in [0.25, 0.3) is 0 Å². The summed E-state index contributed by atoms with van der Waals surface area (Å²) in [6.07, 6.45) is 0.0106. The lowest BCUT2D eigenvalue weighted by molar-refractivity contribution is -0.123. The SMILES string of the molecule is O=C1NC(=O)C(c2cncs2)O1. The topological polar surface area (TPSA) is 68.3 Å². The van der Waals surface area contributed by atoms with E-state index in [1.807, 2.05) is 5.32 Å². The molecule has 0 saturated carbocycles. The van der Waals surface area contributed by atoms with Gasteiger partial charge in [-0.1, -0.05) is 0 Å². The van der Waals surface area contributed by atoms with Gasteiger partial charge in [0.05, 0.1) is 10.4 Å². The van der Waals surface area contributed by atoms with Gasteiger partial charge in [0, 0.05) is 6.20 Å². The molecule has 5 nitrogen and oxygen atoms in total. The van der Waals surface area contributed by atoms with Gasteiger partial charge in [-0.3, -0.25) is 15.1 Å². The van der Waals surface area contributed by atoms with E-state index in [4.69, 9.17) is 0 Å². The second kappa shape index (κ2) is 2.56. The van der Waals surface area contributed by atoms with Crippen molar-refractivity contribution in [3.63, 3.8) is 0 Å². The minimum absolute atomic E-state index is 0.427. The number of ether oxygens (including phenoxy) is 1.